The zero-order valence-corrected chi connectivity index (χ0v) is 15.8. The van der Waals surface area contributed by atoms with Crippen molar-refractivity contribution in [2.75, 3.05) is 7.05 Å². The van der Waals surface area contributed by atoms with Gasteiger partial charge in [-0.05, 0) is 19.3 Å². The average molecular weight is 349 g/mol. The Morgan fingerprint density at radius 1 is 1.20 bits per heavy atom. The molecule has 2 aromatic heterocycles. The van der Waals surface area contributed by atoms with Gasteiger partial charge >= 0.3 is 5.69 Å². The maximum Gasteiger partial charge on any atom is 0.332 e. The molecule has 1 unspecified atom stereocenters. The zero-order valence-electron chi connectivity index (χ0n) is 15.8. The van der Waals surface area contributed by atoms with Gasteiger partial charge in [-0.1, -0.05) is 13.8 Å². The van der Waals surface area contributed by atoms with E-state index >= 15 is 0 Å². The summed E-state index contributed by atoms with van der Waals surface area (Å²) in [6.45, 7) is 6.72. The Morgan fingerprint density at radius 2 is 1.84 bits per heavy atom. The molecule has 0 saturated heterocycles. The number of hydrogen-bond donors (Lipinski definition) is 0. The number of amides is 1. The summed E-state index contributed by atoms with van der Waals surface area (Å²) in [5.41, 5.74) is -0.0133. The number of nitrogens with zero attached hydrogens (tertiary/aromatic N) is 5. The minimum atomic E-state index is -0.401. The molecule has 8 heteroatoms. The highest BCUT2D eigenvalue weighted by atomic mass is 16.2. The monoisotopic (exact) mass is 349 g/mol. The minimum Gasteiger partial charge on any atom is -0.343 e. The van der Waals surface area contributed by atoms with Gasteiger partial charge in [0, 0.05) is 40.2 Å². The molecule has 0 bridgehead atoms. The lowest BCUT2D eigenvalue weighted by atomic mass is 10.0. The summed E-state index contributed by atoms with van der Waals surface area (Å²) >= 11 is 0. The Bertz CT molecular complexity index is 890. The van der Waals surface area contributed by atoms with Gasteiger partial charge < -0.3 is 9.47 Å². The van der Waals surface area contributed by atoms with Crippen LogP contribution < -0.4 is 11.2 Å². The van der Waals surface area contributed by atoms with Gasteiger partial charge in [0.25, 0.3) is 5.56 Å². The van der Waals surface area contributed by atoms with Gasteiger partial charge in [-0.15, -0.1) is 0 Å². The summed E-state index contributed by atoms with van der Waals surface area (Å²) in [6.07, 6.45) is 2.56. The number of hydrogen-bond acceptors (Lipinski definition) is 4. The first-order valence-corrected chi connectivity index (χ1v) is 8.53. The molecular formula is C17H27N5O3. The Kier molecular flexibility index (Phi) is 5.49. The third kappa shape index (κ3) is 3.52. The molecule has 0 aromatic carbocycles. The second kappa shape index (κ2) is 7.25. The Balaban J connectivity index is 2.14. The number of imidazole rings is 1. The molecule has 0 radical (unpaired) electrons. The standard InChI is InChI=1S/C17H27N5O3/c1-11(2)12(3)19(4)13(23)8-7-9-22-10-18-15-14(22)16(24)21(6)17(25)20(15)5/h10-12H,7-9H2,1-6H3. The maximum absolute atomic E-state index is 12.4. The number of aryl methyl sites for hydroxylation is 2. The molecule has 0 N–H and O–H groups in total. The molecule has 0 fully saturated rings. The highest BCUT2D eigenvalue weighted by molar-refractivity contribution is 5.76. The normalized spacial score (nSPS) is 12.8. The Morgan fingerprint density at radius 3 is 2.44 bits per heavy atom. The van der Waals surface area contributed by atoms with E-state index in [-0.39, 0.29) is 17.5 Å². The first-order valence-electron chi connectivity index (χ1n) is 8.53. The fourth-order valence-corrected chi connectivity index (χ4v) is 2.82. The van der Waals surface area contributed by atoms with Crippen LogP contribution in [0.25, 0.3) is 11.2 Å². The largest absolute Gasteiger partial charge is 0.343 e. The molecule has 0 spiro atoms. The van der Waals surface area contributed by atoms with Gasteiger partial charge in [0.15, 0.2) is 11.2 Å². The van der Waals surface area contributed by atoms with Crippen LogP contribution in [-0.4, -0.2) is 42.6 Å². The van der Waals surface area contributed by atoms with Gasteiger partial charge in [-0.3, -0.25) is 18.7 Å². The SMILES string of the molecule is CC(C)C(C)N(C)C(=O)CCCn1cnc2c1c(=O)n(C)c(=O)n2C. The molecule has 25 heavy (non-hydrogen) atoms. The molecule has 0 aliphatic rings. The molecule has 1 atom stereocenters. The zero-order chi connectivity index (χ0) is 18.9. The first-order chi connectivity index (χ1) is 11.7. The molecular weight excluding hydrogens is 322 g/mol. The lowest BCUT2D eigenvalue weighted by molar-refractivity contribution is -0.132. The molecule has 8 nitrogen and oxygen atoms in total. The number of carbonyl (C=O) groups is 1. The van der Waals surface area contributed by atoms with Crippen molar-refractivity contribution in [2.45, 2.75) is 46.2 Å². The number of fused-ring (bicyclic) bond motifs is 1. The average Bonchev–Trinajstić information content (AvgIpc) is 3.00. The minimum absolute atomic E-state index is 0.0888. The van der Waals surface area contributed by atoms with Crippen LogP contribution in [0.1, 0.15) is 33.6 Å². The van der Waals surface area contributed by atoms with E-state index in [1.54, 1.807) is 22.8 Å². The predicted molar refractivity (Wildman–Crippen MR) is 96.5 cm³/mol. The third-order valence-electron chi connectivity index (χ3n) is 4.98. The van der Waals surface area contributed by atoms with E-state index in [1.165, 1.54) is 11.6 Å². The van der Waals surface area contributed by atoms with Crippen molar-refractivity contribution in [2.24, 2.45) is 20.0 Å². The van der Waals surface area contributed by atoms with E-state index in [0.29, 0.717) is 36.5 Å². The van der Waals surface area contributed by atoms with E-state index in [9.17, 15) is 14.4 Å². The Hall–Kier alpha value is -2.38. The summed E-state index contributed by atoms with van der Waals surface area (Å²) in [7, 11) is 4.87. The van der Waals surface area contributed by atoms with Crippen molar-refractivity contribution >= 4 is 17.1 Å². The highest BCUT2D eigenvalue weighted by Crippen LogP contribution is 2.11. The molecule has 2 heterocycles. The van der Waals surface area contributed by atoms with Crippen LogP contribution in [0.15, 0.2) is 15.9 Å². The fraction of sp³-hybridized carbons (Fsp3) is 0.647. The summed E-state index contributed by atoms with van der Waals surface area (Å²) in [5.74, 6) is 0.488. The second-order valence-corrected chi connectivity index (χ2v) is 6.91. The lowest BCUT2D eigenvalue weighted by Crippen LogP contribution is -2.38. The van der Waals surface area contributed by atoms with Crippen molar-refractivity contribution < 1.29 is 4.79 Å². The first kappa shape index (κ1) is 19.0. The van der Waals surface area contributed by atoms with Crippen LogP contribution in [0.2, 0.25) is 0 Å². The van der Waals surface area contributed by atoms with Crippen LogP contribution in [0, 0.1) is 5.92 Å². The van der Waals surface area contributed by atoms with E-state index in [2.05, 4.69) is 18.8 Å². The molecule has 2 rings (SSSR count). The summed E-state index contributed by atoms with van der Waals surface area (Å²) < 4.78 is 4.15. The topological polar surface area (TPSA) is 82.1 Å². The molecule has 2 aromatic rings. The van der Waals surface area contributed by atoms with Gasteiger partial charge in [-0.25, -0.2) is 9.78 Å². The summed E-state index contributed by atoms with van der Waals surface area (Å²) in [6, 6.07) is 0.184. The number of carbonyl (C=O) groups excluding carboxylic acids is 1. The molecule has 0 aliphatic heterocycles. The predicted octanol–water partition coefficient (Wildman–Crippen LogP) is 0.717. The lowest BCUT2D eigenvalue weighted by Gasteiger charge is -2.28. The van der Waals surface area contributed by atoms with E-state index in [0.717, 1.165) is 4.57 Å². The smallest absolute Gasteiger partial charge is 0.332 e. The van der Waals surface area contributed by atoms with Crippen molar-refractivity contribution in [3.63, 3.8) is 0 Å². The second-order valence-electron chi connectivity index (χ2n) is 6.91. The van der Waals surface area contributed by atoms with E-state index in [1.807, 2.05) is 14.0 Å². The Labute approximate surface area is 146 Å². The van der Waals surface area contributed by atoms with Crippen LogP contribution in [0.5, 0.6) is 0 Å². The molecule has 0 saturated carbocycles. The van der Waals surface area contributed by atoms with Crippen molar-refractivity contribution in [3.8, 4) is 0 Å². The quantitative estimate of drug-likeness (QED) is 0.769. The summed E-state index contributed by atoms with van der Waals surface area (Å²) in [5, 5.41) is 0. The van der Waals surface area contributed by atoms with Gasteiger partial charge in [-0.2, -0.15) is 0 Å². The van der Waals surface area contributed by atoms with E-state index < -0.39 is 5.69 Å². The fourth-order valence-electron chi connectivity index (χ4n) is 2.82. The molecule has 1 amide bonds. The summed E-state index contributed by atoms with van der Waals surface area (Å²) in [4.78, 5) is 42.6. The van der Waals surface area contributed by atoms with Crippen molar-refractivity contribution in [1.82, 2.24) is 23.6 Å². The van der Waals surface area contributed by atoms with Gasteiger partial charge in [0.2, 0.25) is 5.91 Å². The van der Waals surface area contributed by atoms with Crippen molar-refractivity contribution in [3.05, 3.63) is 27.2 Å². The van der Waals surface area contributed by atoms with Crippen molar-refractivity contribution in [1.29, 1.82) is 0 Å². The molecule has 0 aliphatic carbocycles. The van der Waals surface area contributed by atoms with Gasteiger partial charge in [0.1, 0.15) is 0 Å². The van der Waals surface area contributed by atoms with Gasteiger partial charge in [0.05, 0.1) is 6.33 Å². The number of rotatable bonds is 6. The van der Waals surface area contributed by atoms with E-state index in [4.69, 9.17) is 0 Å². The van der Waals surface area contributed by atoms with Crippen LogP contribution in [-0.2, 0) is 25.4 Å². The highest BCUT2D eigenvalue weighted by Gasteiger charge is 2.19. The maximum atomic E-state index is 12.4. The number of aromatic nitrogens is 4. The van der Waals surface area contributed by atoms with Crippen LogP contribution in [0.3, 0.4) is 0 Å². The third-order valence-corrected chi connectivity index (χ3v) is 4.98. The van der Waals surface area contributed by atoms with Crippen LogP contribution in [0.4, 0.5) is 0 Å². The molecule has 138 valence electrons. The van der Waals surface area contributed by atoms with Crippen LogP contribution >= 0.6 is 0 Å².